The number of hydrogen-bond acceptors (Lipinski definition) is 5. The Bertz CT molecular complexity index is 705. The van der Waals surface area contributed by atoms with Gasteiger partial charge in [-0.2, -0.15) is 0 Å². The zero-order valence-corrected chi connectivity index (χ0v) is 17.2. The fourth-order valence-corrected chi connectivity index (χ4v) is 2.48. The van der Waals surface area contributed by atoms with Crippen molar-refractivity contribution in [2.45, 2.75) is 53.1 Å². The topological polar surface area (TPSA) is 89.0 Å². The number of carbonyl (C=O) groups excluding carboxylic acids is 1. The van der Waals surface area contributed by atoms with Crippen molar-refractivity contribution in [1.82, 2.24) is 4.98 Å². The molecule has 1 rings (SSSR count). The Kier molecular flexibility index (Phi) is 7.39. The predicted molar refractivity (Wildman–Crippen MR) is 104 cm³/mol. The van der Waals surface area contributed by atoms with Crippen molar-refractivity contribution >= 4 is 17.7 Å². The highest BCUT2D eigenvalue weighted by molar-refractivity contribution is 5.88. The molecular formula is C20H30N2O5. The number of anilines is 1. The van der Waals surface area contributed by atoms with E-state index in [1.165, 1.54) is 12.0 Å². The number of carboxylic acids is 1. The van der Waals surface area contributed by atoms with Crippen LogP contribution < -0.4 is 9.64 Å². The summed E-state index contributed by atoms with van der Waals surface area (Å²) in [6.07, 6.45) is 5.13. The molecule has 1 heterocycles. The van der Waals surface area contributed by atoms with Gasteiger partial charge in [0.25, 0.3) is 0 Å². The summed E-state index contributed by atoms with van der Waals surface area (Å²) in [5.41, 5.74) is 0.528. The van der Waals surface area contributed by atoms with Gasteiger partial charge in [-0.1, -0.05) is 26.0 Å². The molecule has 1 amide bonds. The van der Waals surface area contributed by atoms with Crippen molar-refractivity contribution < 1.29 is 24.2 Å². The number of allylic oxidation sites excluding steroid dienone is 1. The summed E-state index contributed by atoms with van der Waals surface area (Å²) in [7, 11) is 3.16. The summed E-state index contributed by atoms with van der Waals surface area (Å²) in [5, 5.41) is 8.81. The van der Waals surface area contributed by atoms with Gasteiger partial charge in [-0.05, 0) is 38.2 Å². The van der Waals surface area contributed by atoms with Crippen molar-refractivity contribution in [3.8, 4) is 5.88 Å². The van der Waals surface area contributed by atoms with Crippen molar-refractivity contribution in [1.29, 1.82) is 0 Å². The van der Waals surface area contributed by atoms with Gasteiger partial charge < -0.3 is 14.6 Å². The zero-order chi connectivity index (χ0) is 20.8. The molecule has 1 aromatic heterocycles. The first-order valence-electron chi connectivity index (χ1n) is 8.74. The van der Waals surface area contributed by atoms with E-state index in [0.29, 0.717) is 18.0 Å². The van der Waals surface area contributed by atoms with Crippen LogP contribution in [0.2, 0.25) is 0 Å². The Balaban J connectivity index is 3.15. The average Bonchev–Trinajstić information content (AvgIpc) is 2.51. The van der Waals surface area contributed by atoms with E-state index >= 15 is 0 Å². The van der Waals surface area contributed by atoms with Gasteiger partial charge in [0.15, 0.2) is 0 Å². The lowest BCUT2D eigenvalue weighted by atomic mass is 9.85. The molecule has 0 saturated carbocycles. The molecule has 0 radical (unpaired) electrons. The molecule has 0 aliphatic rings. The summed E-state index contributed by atoms with van der Waals surface area (Å²) >= 11 is 0. The van der Waals surface area contributed by atoms with E-state index in [-0.39, 0.29) is 11.8 Å². The number of nitrogens with zero attached hydrogens (tertiary/aromatic N) is 2. The maximum absolute atomic E-state index is 12.4. The van der Waals surface area contributed by atoms with Gasteiger partial charge in [-0.3, -0.25) is 9.69 Å². The minimum atomic E-state index is -0.877. The van der Waals surface area contributed by atoms with E-state index in [4.69, 9.17) is 14.6 Å². The Morgan fingerprint density at radius 2 is 1.89 bits per heavy atom. The monoisotopic (exact) mass is 378 g/mol. The Hall–Kier alpha value is -2.57. The van der Waals surface area contributed by atoms with E-state index < -0.39 is 17.7 Å². The molecule has 1 N–H and O–H groups in total. The number of methoxy groups -OCH3 is 1. The number of aliphatic carboxylic acids is 1. The third-order valence-electron chi connectivity index (χ3n) is 3.69. The minimum Gasteiger partial charge on any atom is -0.481 e. The van der Waals surface area contributed by atoms with Gasteiger partial charge in [-0.25, -0.2) is 9.78 Å². The van der Waals surface area contributed by atoms with Gasteiger partial charge >= 0.3 is 12.1 Å². The van der Waals surface area contributed by atoms with Crippen LogP contribution in [0.15, 0.2) is 24.4 Å². The van der Waals surface area contributed by atoms with Crippen molar-refractivity contribution in [3.63, 3.8) is 0 Å². The highest BCUT2D eigenvalue weighted by atomic mass is 16.6. The number of amides is 1. The van der Waals surface area contributed by atoms with Crippen LogP contribution in [-0.2, 0) is 16.0 Å². The molecule has 0 atom stereocenters. The lowest BCUT2D eigenvalue weighted by molar-refractivity contribution is -0.136. The summed E-state index contributed by atoms with van der Waals surface area (Å²) in [5.74, 6) is -0.436. The van der Waals surface area contributed by atoms with Crippen LogP contribution in [0.1, 0.15) is 46.6 Å². The molecule has 150 valence electrons. The van der Waals surface area contributed by atoms with Gasteiger partial charge in [-0.15, -0.1) is 0 Å². The van der Waals surface area contributed by atoms with Gasteiger partial charge in [0.05, 0.1) is 25.4 Å². The first-order chi connectivity index (χ1) is 12.3. The molecule has 7 heteroatoms. The maximum Gasteiger partial charge on any atom is 0.414 e. The number of ether oxygens (including phenoxy) is 2. The van der Waals surface area contributed by atoms with Gasteiger partial charge in [0.2, 0.25) is 5.88 Å². The third kappa shape index (κ3) is 7.68. The second kappa shape index (κ2) is 8.88. The molecule has 0 spiro atoms. The van der Waals surface area contributed by atoms with E-state index in [2.05, 4.69) is 4.98 Å². The van der Waals surface area contributed by atoms with Crippen molar-refractivity contribution in [2.24, 2.45) is 5.41 Å². The van der Waals surface area contributed by atoms with E-state index in [9.17, 15) is 9.59 Å². The van der Waals surface area contributed by atoms with Crippen LogP contribution in [0.3, 0.4) is 0 Å². The molecule has 0 saturated heterocycles. The molecule has 1 aromatic rings. The summed E-state index contributed by atoms with van der Waals surface area (Å²) < 4.78 is 10.7. The van der Waals surface area contributed by atoms with Crippen molar-refractivity contribution in [2.75, 3.05) is 19.1 Å². The molecule has 7 nitrogen and oxygen atoms in total. The second-order valence-corrected chi connectivity index (χ2v) is 8.06. The van der Waals surface area contributed by atoms with E-state index in [0.717, 1.165) is 5.56 Å². The molecular weight excluding hydrogens is 348 g/mol. The second-order valence-electron chi connectivity index (χ2n) is 8.06. The molecule has 0 aliphatic heterocycles. The van der Waals surface area contributed by atoms with Gasteiger partial charge in [0, 0.05) is 13.1 Å². The lowest BCUT2D eigenvalue weighted by Crippen LogP contribution is -2.35. The normalized spacial score (nSPS) is 12.1. The van der Waals surface area contributed by atoms with Crippen LogP contribution >= 0.6 is 0 Å². The minimum absolute atomic E-state index is 0.0340. The third-order valence-corrected chi connectivity index (χ3v) is 3.69. The standard InChI is InChI=1S/C20H30N2O5/c1-19(2,3)27-18(25)22(6)15-13-21-16(26-7)11-14(15)12-20(4,5)10-8-9-17(23)24/h8,10-11,13H,9,12H2,1-7H3,(H,23,24)/b10-8+. The van der Waals surface area contributed by atoms with E-state index in [1.807, 2.05) is 40.7 Å². The van der Waals surface area contributed by atoms with E-state index in [1.54, 1.807) is 25.4 Å². The van der Waals surface area contributed by atoms with Crippen molar-refractivity contribution in [3.05, 3.63) is 30.0 Å². The Labute approximate surface area is 161 Å². The summed E-state index contributed by atoms with van der Waals surface area (Å²) in [4.78, 5) is 28.8. The van der Waals surface area contributed by atoms with Crippen LogP contribution in [-0.4, -0.2) is 41.9 Å². The number of carboxylic acid groups (broad SMARTS) is 1. The zero-order valence-electron chi connectivity index (χ0n) is 17.2. The first-order valence-corrected chi connectivity index (χ1v) is 8.74. The van der Waals surface area contributed by atoms with Crippen LogP contribution in [0.25, 0.3) is 0 Å². The van der Waals surface area contributed by atoms with Crippen LogP contribution in [0, 0.1) is 5.41 Å². The van der Waals surface area contributed by atoms with Gasteiger partial charge in [0.1, 0.15) is 5.60 Å². The van der Waals surface area contributed by atoms with Crippen LogP contribution in [0.4, 0.5) is 10.5 Å². The molecule has 0 bridgehead atoms. The Morgan fingerprint density at radius 3 is 2.41 bits per heavy atom. The fourth-order valence-electron chi connectivity index (χ4n) is 2.48. The number of hydrogen-bond donors (Lipinski definition) is 1. The Morgan fingerprint density at radius 1 is 1.26 bits per heavy atom. The summed E-state index contributed by atoms with van der Waals surface area (Å²) in [6, 6.07) is 1.78. The number of aromatic nitrogens is 1. The molecule has 0 unspecified atom stereocenters. The molecule has 27 heavy (non-hydrogen) atoms. The lowest BCUT2D eigenvalue weighted by Gasteiger charge is -2.28. The number of rotatable bonds is 7. The summed E-state index contributed by atoms with van der Waals surface area (Å²) in [6.45, 7) is 9.41. The highest BCUT2D eigenvalue weighted by Gasteiger charge is 2.25. The molecule has 0 aliphatic carbocycles. The SMILES string of the molecule is COc1cc(CC(C)(C)/C=C/CC(=O)O)c(N(C)C(=O)OC(C)(C)C)cn1. The first kappa shape index (κ1) is 22.5. The smallest absolute Gasteiger partial charge is 0.414 e. The highest BCUT2D eigenvalue weighted by Crippen LogP contribution is 2.31. The molecule has 0 fully saturated rings. The largest absolute Gasteiger partial charge is 0.481 e. The number of pyridine rings is 1. The quantitative estimate of drug-likeness (QED) is 0.720. The molecule has 0 aromatic carbocycles. The maximum atomic E-state index is 12.4. The number of carbonyl (C=O) groups is 2. The average molecular weight is 378 g/mol. The fraction of sp³-hybridized carbons (Fsp3) is 0.550. The predicted octanol–water partition coefficient (Wildman–Crippen LogP) is 4.06. The van der Waals surface area contributed by atoms with Crippen LogP contribution in [0.5, 0.6) is 5.88 Å².